The van der Waals surface area contributed by atoms with E-state index in [0.29, 0.717) is 0 Å². The van der Waals surface area contributed by atoms with Gasteiger partial charge in [-0.3, -0.25) is 4.40 Å². The van der Waals surface area contributed by atoms with Gasteiger partial charge in [0.15, 0.2) is 10.7 Å². The number of hydrogen-bond acceptors (Lipinski definition) is 5. The van der Waals surface area contributed by atoms with Gasteiger partial charge in [-0.2, -0.15) is 0 Å². The Hall–Kier alpha value is -3.38. The molecule has 0 aliphatic heterocycles. The van der Waals surface area contributed by atoms with Crippen LogP contribution in [0.5, 0.6) is 5.75 Å². The number of thiazole rings is 1. The largest absolute Gasteiger partial charge is 0.497 e. The summed E-state index contributed by atoms with van der Waals surface area (Å²) in [6.07, 6.45) is 2.01. The minimum absolute atomic E-state index is 0.733. The fraction of sp³-hybridized carbons (Fsp3) is 0.0476. The average molecular weight is 373 g/mol. The summed E-state index contributed by atoms with van der Waals surface area (Å²) in [7, 11) is 1.66. The predicted molar refractivity (Wildman–Crippen MR) is 106 cm³/mol. The average Bonchev–Trinajstić information content (AvgIpc) is 3.44. The molecule has 0 fully saturated rings. The van der Waals surface area contributed by atoms with Crippen LogP contribution in [0.1, 0.15) is 0 Å². The van der Waals surface area contributed by atoms with Crippen LogP contribution in [0.15, 0.2) is 76.8 Å². The van der Waals surface area contributed by atoms with Gasteiger partial charge in [-0.25, -0.2) is 4.98 Å². The second-order valence-electron chi connectivity index (χ2n) is 6.04. The normalized spacial score (nSPS) is 11.1. The summed E-state index contributed by atoms with van der Waals surface area (Å²) in [6, 6.07) is 19.8. The first-order valence-electron chi connectivity index (χ1n) is 8.46. The molecule has 2 aromatic carbocycles. The van der Waals surface area contributed by atoms with E-state index in [1.807, 2.05) is 72.2 Å². The van der Waals surface area contributed by atoms with Gasteiger partial charge in [-0.15, -0.1) is 11.3 Å². The second kappa shape index (κ2) is 6.41. The summed E-state index contributed by atoms with van der Waals surface area (Å²) in [6.45, 7) is 0. The van der Waals surface area contributed by atoms with Crippen LogP contribution >= 0.6 is 11.3 Å². The molecule has 0 amide bonds. The van der Waals surface area contributed by atoms with Gasteiger partial charge in [0.2, 0.25) is 0 Å². The molecular formula is C21H15N3O2S. The topological polar surface area (TPSA) is 52.6 Å². The van der Waals surface area contributed by atoms with Gasteiger partial charge in [0.25, 0.3) is 0 Å². The zero-order valence-corrected chi connectivity index (χ0v) is 15.3. The number of benzene rings is 2. The molecule has 3 heterocycles. The Labute approximate surface area is 159 Å². The lowest BCUT2D eigenvalue weighted by Crippen LogP contribution is -1.88. The minimum atomic E-state index is 0.733. The number of fused-ring (bicyclic) bond motifs is 1. The molecule has 27 heavy (non-hydrogen) atoms. The van der Waals surface area contributed by atoms with E-state index in [1.165, 1.54) is 0 Å². The van der Waals surface area contributed by atoms with Crippen LogP contribution in [0.3, 0.4) is 0 Å². The summed E-state index contributed by atoms with van der Waals surface area (Å²) in [4.78, 5) is 5.73. The standard InChI is InChI=1S/C21H15N3O2S/c1-25-16-9-7-15(8-10-16)19-20(24-11-12-27-21(24)22-19)17-13-18(26-23-17)14-5-3-2-4-6-14/h2-13H,1H3. The molecule has 0 aliphatic rings. The number of methoxy groups -OCH3 is 1. The van der Waals surface area contributed by atoms with Gasteiger partial charge < -0.3 is 9.26 Å². The van der Waals surface area contributed by atoms with E-state index in [9.17, 15) is 0 Å². The molecule has 0 bridgehead atoms. The molecule has 132 valence electrons. The highest BCUT2D eigenvalue weighted by Crippen LogP contribution is 2.36. The van der Waals surface area contributed by atoms with Crippen molar-refractivity contribution in [3.63, 3.8) is 0 Å². The molecular weight excluding hydrogens is 358 g/mol. The van der Waals surface area contributed by atoms with Crippen LogP contribution in [0, 0.1) is 0 Å². The number of nitrogens with zero attached hydrogens (tertiary/aromatic N) is 3. The van der Waals surface area contributed by atoms with Crippen molar-refractivity contribution in [1.29, 1.82) is 0 Å². The summed E-state index contributed by atoms with van der Waals surface area (Å²) in [5.41, 5.74) is 4.55. The first-order chi connectivity index (χ1) is 13.3. The maximum absolute atomic E-state index is 5.62. The van der Waals surface area contributed by atoms with Crippen LogP contribution in [-0.2, 0) is 0 Å². The molecule has 0 atom stereocenters. The maximum Gasteiger partial charge on any atom is 0.194 e. The van der Waals surface area contributed by atoms with Crippen LogP contribution in [0.2, 0.25) is 0 Å². The SMILES string of the molecule is COc1ccc(-c2nc3sccn3c2-c2cc(-c3ccccc3)on2)cc1. The Bertz CT molecular complexity index is 1200. The van der Waals surface area contributed by atoms with E-state index in [4.69, 9.17) is 14.2 Å². The van der Waals surface area contributed by atoms with Crippen molar-refractivity contribution in [1.82, 2.24) is 14.5 Å². The van der Waals surface area contributed by atoms with E-state index in [1.54, 1.807) is 18.4 Å². The fourth-order valence-corrected chi connectivity index (χ4v) is 3.82. The van der Waals surface area contributed by atoms with Gasteiger partial charge in [0.1, 0.15) is 17.1 Å². The maximum atomic E-state index is 5.62. The van der Waals surface area contributed by atoms with Crippen molar-refractivity contribution in [3.8, 4) is 39.7 Å². The van der Waals surface area contributed by atoms with Crippen molar-refractivity contribution >= 4 is 16.3 Å². The number of ether oxygens (including phenoxy) is 1. The Morgan fingerprint density at radius 1 is 1.00 bits per heavy atom. The van der Waals surface area contributed by atoms with Crippen LogP contribution in [0.25, 0.3) is 38.9 Å². The van der Waals surface area contributed by atoms with E-state index >= 15 is 0 Å². The van der Waals surface area contributed by atoms with Crippen LogP contribution < -0.4 is 4.74 Å². The Balaban J connectivity index is 1.66. The third-order valence-corrected chi connectivity index (χ3v) is 5.19. The van der Waals surface area contributed by atoms with Gasteiger partial charge in [0, 0.05) is 28.8 Å². The van der Waals surface area contributed by atoms with Crippen molar-refractivity contribution < 1.29 is 9.26 Å². The number of hydrogen-bond donors (Lipinski definition) is 0. The zero-order valence-electron chi connectivity index (χ0n) is 14.5. The second-order valence-corrected chi connectivity index (χ2v) is 6.91. The molecule has 0 unspecified atom stereocenters. The number of imidazole rings is 1. The van der Waals surface area contributed by atoms with Crippen molar-refractivity contribution in [2.24, 2.45) is 0 Å². The molecule has 5 aromatic rings. The lowest BCUT2D eigenvalue weighted by molar-refractivity contribution is 0.415. The van der Waals surface area contributed by atoms with Gasteiger partial charge in [-0.05, 0) is 24.3 Å². The molecule has 0 radical (unpaired) electrons. The number of aromatic nitrogens is 3. The smallest absolute Gasteiger partial charge is 0.194 e. The summed E-state index contributed by atoms with van der Waals surface area (Å²) in [5.74, 6) is 1.55. The summed E-state index contributed by atoms with van der Waals surface area (Å²) < 4.78 is 12.9. The molecule has 6 heteroatoms. The summed E-state index contributed by atoms with van der Waals surface area (Å²) >= 11 is 1.59. The van der Waals surface area contributed by atoms with E-state index in [2.05, 4.69) is 9.56 Å². The van der Waals surface area contributed by atoms with Crippen LogP contribution in [-0.4, -0.2) is 21.7 Å². The highest BCUT2D eigenvalue weighted by molar-refractivity contribution is 7.15. The molecule has 0 N–H and O–H groups in total. The highest BCUT2D eigenvalue weighted by atomic mass is 32.1. The minimum Gasteiger partial charge on any atom is -0.497 e. The highest BCUT2D eigenvalue weighted by Gasteiger charge is 2.20. The third kappa shape index (κ3) is 2.71. The van der Waals surface area contributed by atoms with E-state index < -0.39 is 0 Å². The van der Waals surface area contributed by atoms with Crippen molar-refractivity contribution in [3.05, 3.63) is 72.2 Å². The Morgan fingerprint density at radius 3 is 2.59 bits per heavy atom. The fourth-order valence-electron chi connectivity index (χ4n) is 3.11. The molecule has 0 saturated heterocycles. The lowest BCUT2D eigenvalue weighted by Gasteiger charge is -2.03. The zero-order chi connectivity index (χ0) is 18.2. The third-order valence-electron chi connectivity index (χ3n) is 4.44. The molecule has 0 aliphatic carbocycles. The molecule has 3 aromatic heterocycles. The van der Waals surface area contributed by atoms with Crippen molar-refractivity contribution in [2.45, 2.75) is 0 Å². The first kappa shape index (κ1) is 15.8. The molecule has 0 spiro atoms. The van der Waals surface area contributed by atoms with E-state index in [0.717, 1.165) is 44.7 Å². The Morgan fingerprint density at radius 2 is 1.81 bits per heavy atom. The van der Waals surface area contributed by atoms with Gasteiger partial charge in [-0.1, -0.05) is 35.5 Å². The van der Waals surface area contributed by atoms with Crippen molar-refractivity contribution in [2.75, 3.05) is 7.11 Å². The molecule has 0 saturated carbocycles. The first-order valence-corrected chi connectivity index (χ1v) is 9.34. The van der Waals surface area contributed by atoms with Gasteiger partial charge >= 0.3 is 0 Å². The molecule has 5 nitrogen and oxygen atoms in total. The Kier molecular flexibility index (Phi) is 3.76. The predicted octanol–water partition coefficient (Wildman–Crippen LogP) is 5.39. The van der Waals surface area contributed by atoms with Crippen LogP contribution in [0.4, 0.5) is 0 Å². The number of rotatable bonds is 4. The molecule has 5 rings (SSSR count). The quantitative estimate of drug-likeness (QED) is 0.424. The monoisotopic (exact) mass is 373 g/mol. The summed E-state index contributed by atoms with van der Waals surface area (Å²) in [5, 5.41) is 6.34. The van der Waals surface area contributed by atoms with E-state index in [-0.39, 0.29) is 0 Å². The lowest BCUT2D eigenvalue weighted by atomic mass is 10.1. The van der Waals surface area contributed by atoms with Gasteiger partial charge in [0.05, 0.1) is 12.8 Å².